The van der Waals surface area contributed by atoms with Crippen molar-refractivity contribution in [3.63, 3.8) is 0 Å². The van der Waals surface area contributed by atoms with Crippen LogP contribution < -0.4 is 0 Å². The summed E-state index contributed by atoms with van der Waals surface area (Å²) in [5.41, 5.74) is 0.837. The molecule has 1 heterocycles. The molecule has 0 aliphatic carbocycles. The minimum absolute atomic E-state index is 0.230. The van der Waals surface area contributed by atoms with Gasteiger partial charge in [-0.2, -0.15) is 0 Å². The van der Waals surface area contributed by atoms with E-state index < -0.39 is 0 Å². The molecule has 1 aromatic heterocycles. The van der Waals surface area contributed by atoms with Gasteiger partial charge in [-0.3, -0.25) is 4.79 Å². The van der Waals surface area contributed by atoms with E-state index >= 15 is 0 Å². The summed E-state index contributed by atoms with van der Waals surface area (Å²) in [5, 5.41) is 0. The van der Waals surface area contributed by atoms with Gasteiger partial charge in [-0.15, -0.1) is 0 Å². The van der Waals surface area contributed by atoms with Crippen molar-refractivity contribution in [1.29, 1.82) is 0 Å². The first kappa shape index (κ1) is 9.98. The number of hydrogen-bond donors (Lipinski definition) is 1. The van der Waals surface area contributed by atoms with Crippen LogP contribution in [0.25, 0.3) is 0 Å². The number of imidazole rings is 1. The van der Waals surface area contributed by atoms with Crippen molar-refractivity contribution in [3.8, 4) is 0 Å². The topological polar surface area (TPSA) is 47.0 Å². The largest absolute Gasteiger partial charge is 0.466 e. The summed E-state index contributed by atoms with van der Waals surface area (Å²) in [4.78, 5) is 13.9. The Morgan fingerprint density at radius 3 is 2.92 bits per heavy atom. The Kier molecular flexibility index (Phi) is 3.25. The number of esters is 1. The van der Waals surface area contributed by atoms with Crippen molar-refractivity contribution in [3.05, 3.63) is 16.7 Å². The van der Waals surface area contributed by atoms with Gasteiger partial charge in [-0.1, -0.05) is 0 Å². The van der Waals surface area contributed by atoms with Gasteiger partial charge >= 0.3 is 5.97 Å². The molecule has 0 aliphatic heterocycles. The summed E-state index contributed by atoms with van der Waals surface area (Å²) >= 11 is 4.95. The number of H-pyrrole nitrogens is 1. The zero-order valence-electron chi connectivity index (χ0n) is 7.66. The average Bonchev–Trinajstić information content (AvgIpc) is 2.37. The lowest BCUT2D eigenvalue weighted by Gasteiger charge is -2.01. The van der Waals surface area contributed by atoms with Crippen LogP contribution in [0.1, 0.15) is 12.6 Å². The molecule has 0 atom stereocenters. The van der Waals surface area contributed by atoms with Crippen molar-refractivity contribution < 1.29 is 9.53 Å². The fraction of sp³-hybridized carbons (Fsp3) is 0.500. The highest BCUT2D eigenvalue weighted by Gasteiger charge is 2.07. The molecular weight excluding hydrogens is 188 g/mol. The Balaban J connectivity index is 2.69. The number of hydrogen-bond acceptors (Lipinski definition) is 3. The monoisotopic (exact) mass is 200 g/mol. The number of nitrogens with zero attached hydrogens (tertiary/aromatic N) is 1. The predicted molar refractivity (Wildman–Crippen MR) is 50.9 cm³/mol. The molecule has 5 heteroatoms. The minimum atomic E-state index is -0.230. The molecule has 13 heavy (non-hydrogen) atoms. The maximum Gasteiger partial charge on any atom is 0.311 e. The van der Waals surface area contributed by atoms with E-state index in [1.54, 1.807) is 17.7 Å². The summed E-state index contributed by atoms with van der Waals surface area (Å²) in [6, 6.07) is 0. The van der Waals surface area contributed by atoms with E-state index in [0.29, 0.717) is 11.4 Å². The van der Waals surface area contributed by atoms with Gasteiger partial charge in [-0.25, -0.2) is 0 Å². The minimum Gasteiger partial charge on any atom is -0.466 e. The van der Waals surface area contributed by atoms with Gasteiger partial charge in [0.2, 0.25) is 0 Å². The number of carbonyl (C=O) groups is 1. The summed E-state index contributed by atoms with van der Waals surface area (Å²) in [6.45, 7) is 2.20. The second-order valence-corrected chi connectivity index (χ2v) is 3.01. The Bertz CT molecular complexity index is 353. The van der Waals surface area contributed by atoms with Crippen molar-refractivity contribution in [2.45, 2.75) is 13.3 Å². The van der Waals surface area contributed by atoms with Crippen molar-refractivity contribution in [2.24, 2.45) is 7.05 Å². The van der Waals surface area contributed by atoms with Crippen LogP contribution in [0.4, 0.5) is 0 Å². The third-order valence-electron chi connectivity index (χ3n) is 1.73. The van der Waals surface area contributed by atoms with Gasteiger partial charge in [-0.05, 0) is 19.1 Å². The van der Waals surface area contributed by atoms with Crippen LogP contribution in [0.5, 0.6) is 0 Å². The zero-order valence-corrected chi connectivity index (χ0v) is 8.48. The Labute approximate surface area is 81.5 Å². The van der Waals surface area contributed by atoms with Crippen LogP contribution in [0.15, 0.2) is 6.20 Å². The molecule has 0 unspecified atom stereocenters. The highest BCUT2D eigenvalue weighted by atomic mass is 32.1. The van der Waals surface area contributed by atoms with E-state index in [1.165, 1.54) is 0 Å². The van der Waals surface area contributed by atoms with E-state index in [9.17, 15) is 4.79 Å². The quantitative estimate of drug-likeness (QED) is 0.589. The molecule has 1 aromatic rings. The van der Waals surface area contributed by atoms with Crippen LogP contribution in [0.3, 0.4) is 0 Å². The Hall–Kier alpha value is -1.10. The van der Waals surface area contributed by atoms with Crippen molar-refractivity contribution >= 4 is 18.2 Å². The van der Waals surface area contributed by atoms with Crippen molar-refractivity contribution in [1.82, 2.24) is 9.55 Å². The Morgan fingerprint density at radius 2 is 2.46 bits per heavy atom. The maximum atomic E-state index is 11.1. The summed E-state index contributed by atoms with van der Waals surface area (Å²) in [7, 11) is 1.81. The van der Waals surface area contributed by atoms with Crippen LogP contribution >= 0.6 is 12.2 Å². The summed E-state index contributed by atoms with van der Waals surface area (Å²) < 4.78 is 7.18. The molecule has 1 N–H and O–H groups in total. The van der Waals surface area contributed by atoms with Gasteiger partial charge in [0.25, 0.3) is 0 Å². The highest BCUT2D eigenvalue weighted by molar-refractivity contribution is 7.71. The molecule has 0 spiro atoms. The van der Waals surface area contributed by atoms with Crippen molar-refractivity contribution in [2.75, 3.05) is 6.61 Å². The fourth-order valence-electron chi connectivity index (χ4n) is 0.999. The van der Waals surface area contributed by atoms with Crippen LogP contribution in [0, 0.1) is 4.77 Å². The molecule has 0 aliphatic rings. The molecule has 1 rings (SSSR count). The highest BCUT2D eigenvalue weighted by Crippen LogP contribution is 2.00. The number of nitrogens with one attached hydrogen (secondary N) is 1. The number of aromatic nitrogens is 2. The third-order valence-corrected chi connectivity index (χ3v) is 2.12. The van der Waals surface area contributed by atoms with Gasteiger partial charge < -0.3 is 14.3 Å². The van der Waals surface area contributed by atoms with Gasteiger partial charge in [0.05, 0.1) is 13.0 Å². The molecule has 0 saturated carbocycles. The number of aromatic amines is 1. The molecule has 0 aromatic carbocycles. The van der Waals surface area contributed by atoms with E-state index in [4.69, 9.17) is 17.0 Å². The predicted octanol–water partition coefficient (Wildman–Crippen LogP) is 1.19. The molecule has 72 valence electrons. The molecule has 0 saturated heterocycles. The Morgan fingerprint density at radius 1 is 1.77 bits per heavy atom. The first-order valence-corrected chi connectivity index (χ1v) is 4.45. The van der Waals surface area contributed by atoms with E-state index in [0.717, 1.165) is 5.69 Å². The maximum absolute atomic E-state index is 11.1. The SMILES string of the molecule is CCOC(=O)Cc1c[nH]c(=S)n1C. The van der Waals surface area contributed by atoms with Gasteiger partial charge in [0, 0.05) is 18.9 Å². The average molecular weight is 200 g/mol. The second kappa shape index (κ2) is 4.23. The van der Waals surface area contributed by atoms with Crippen LogP contribution in [-0.2, 0) is 23.0 Å². The first-order chi connectivity index (χ1) is 6.15. The lowest BCUT2D eigenvalue weighted by atomic mass is 10.3. The second-order valence-electron chi connectivity index (χ2n) is 2.63. The first-order valence-electron chi connectivity index (χ1n) is 4.04. The molecule has 0 bridgehead atoms. The summed E-state index contributed by atoms with van der Waals surface area (Å²) in [6.07, 6.45) is 1.98. The number of carbonyl (C=O) groups excluding carboxylic acids is 1. The lowest BCUT2D eigenvalue weighted by molar-refractivity contribution is -0.142. The van der Waals surface area contributed by atoms with Crippen LogP contribution in [-0.4, -0.2) is 22.1 Å². The van der Waals surface area contributed by atoms with Gasteiger partial charge in [0.15, 0.2) is 4.77 Å². The number of rotatable bonds is 3. The molecule has 0 radical (unpaired) electrons. The van der Waals surface area contributed by atoms with E-state index in [-0.39, 0.29) is 12.4 Å². The zero-order chi connectivity index (χ0) is 9.84. The molecule has 0 fully saturated rings. The fourth-order valence-corrected chi connectivity index (χ4v) is 1.17. The van der Waals surface area contributed by atoms with Gasteiger partial charge in [0.1, 0.15) is 0 Å². The molecule has 0 amide bonds. The smallest absolute Gasteiger partial charge is 0.311 e. The standard InChI is InChI=1S/C8H12N2O2S/c1-3-12-7(11)4-6-5-9-8(13)10(6)2/h5H,3-4H2,1-2H3,(H,9,13). The number of ether oxygens (including phenoxy) is 1. The third kappa shape index (κ3) is 2.42. The van der Waals surface area contributed by atoms with E-state index in [2.05, 4.69) is 4.98 Å². The lowest BCUT2D eigenvalue weighted by Crippen LogP contribution is -2.10. The van der Waals surface area contributed by atoms with E-state index in [1.807, 2.05) is 7.05 Å². The molecule has 4 nitrogen and oxygen atoms in total. The van der Waals surface area contributed by atoms with Crippen LogP contribution in [0.2, 0.25) is 0 Å². The normalized spacial score (nSPS) is 10.0. The summed E-state index contributed by atoms with van der Waals surface area (Å²) in [5.74, 6) is -0.230. The molecular formula is C8H12N2O2S.